The van der Waals surface area contributed by atoms with E-state index in [2.05, 4.69) is 0 Å². The molecule has 0 bridgehead atoms. The molecule has 0 heterocycles. The number of nitrogens with zero attached hydrogens (tertiary/aromatic N) is 1. The van der Waals surface area contributed by atoms with E-state index in [1.165, 1.54) is 0 Å². The molecule has 0 fully saturated rings. The number of aromatic carboxylic acids is 1. The summed E-state index contributed by atoms with van der Waals surface area (Å²) in [6.45, 7) is 0. The number of carbonyl (C=O) groups is 1. The van der Waals surface area contributed by atoms with Crippen LogP contribution in [0, 0.1) is 10.1 Å². The molecule has 0 unspecified atom stereocenters. The molecule has 0 atom stereocenters. The van der Waals surface area contributed by atoms with Crippen LogP contribution in [0.2, 0.25) is 0 Å². The molecule has 0 saturated heterocycles. The molecule has 0 aliphatic rings. The standard InChI is InChI=1S/C7H5NO5.Fe/c9-6-2-1-4(8(12)13)3-5(6)7(10)11;/h1-3,9H,(H,10,11);. The van der Waals surface area contributed by atoms with E-state index >= 15 is 0 Å². The Morgan fingerprint density at radius 2 is 2.00 bits per heavy atom. The maximum atomic E-state index is 10.4. The van der Waals surface area contributed by atoms with Crippen LogP contribution >= 0.6 is 0 Å². The molecule has 0 aromatic heterocycles. The van der Waals surface area contributed by atoms with Crippen LogP contribution in [0.4, 0.5) is 5.69 Å². The summed E-state index contributed by atoms with van der Waals surface area (Å²) in [6, 6.07) is 2.81. The molecule has 0 saturated carbocycles. The zero-order chi connectivity index (χ0) is 10.0. The summed E-state index contributed by atoms with van der Waals surface area (Å²) in [6.07, 6.45) is 0. The van der Waals surface area contributed by atoms with Gasteiger partial charge in [-0.3, -0.25) is 10.1 Å². The van der Waals surface area contributed by atoms with Crippen LogP contribution in [0.25, 0.3) is 0 Å². The van der Waals surface area contributed by atoms with Gasteiger partial charge in [0.15, 0.2) is 0 Å². The average molecular weight is 239 g/mol. The van der Waals surface area contributed by atoms with Crippen LogP contribution in [-0.4, -0.2) is 21.1 Å². The smallest absolute Gasteiger partial charge is 0.339 e. The minimum atomic E-state index is -1.40. The van der Waals surface area contributed by atoms with E-state index in [1.807, 2.05) is 0 Å². The Morgan fingerprint density at radius 3 is 2.43 bits per heavy atom. The van der Waals surface area contributed by atoms with Gasteiger partial charge < -0.3 is 10.2 Å². The van der Waals surface area contributed by atoms with Crippen LogP contribution in [-0.2, 0) is 17.1 Å². The number of carboxylic acid groups (broad SMARTS) is 1. The van der Waals surface area contributed by atoms with Crippen LogP contribution in [0.3, 0.4) is 0 Å². The summed E-state index contributed by atoms with van der Waals surface area (Å²) in [5, 5.41) is 27.7. The van der Waals surface area contributed by atoms with Crippen molar-refractivity contribution in [3.63, 3.8) is 0 Å². The van der Waals surface area contributed by atoms with Gasteiger partial charge in [-0.1, -0.05) is 0 Å². The van der Waals surface area contributed by atoms with Crippen molar-refractivity contribution >= 4 is 11.7 Å². The number of nitro benzene ring substituents is 1. The largest absolute Gasteiger partial charge is 0.507 e. The molecule has 2 N–H and O–H groups in total. The van der Waals surface area contributed by atoms with E-state index < -0.39 is 22.2 Å². The summed E-state index contributed by atoms with van der Waals surface area (Å²) in [5.41, 5.74) is -0.843. The Hall–Kier alpha value is -1.59. The molecule has 1 rings (SSSR count). The Kier molecular flexibility index (Phi) is 4.07. The Labute approximate surface area is 88.8 Å². The number of non-ortho nitro benzene ring substituents is 1. The van der Waals surface area contributed by atoms with Gasteiger partial charge in [0.05, 0.1) is 4.92 Å². The van der Waals surface area contributed by atoms with E-state index in [1.54, 1.807) is 0 Å². The van der Waals surface area contributed by atoms with Crippen molar-refractivity contribution in [1.82, 2.24) is 0 Å². The Bertz CT molecular complexity index is 378. The first-order valence-corrected chi connectivity index (χ1v) is 3.23. The molecule has 6 nitrogen and oxygen atoms in total. The minimum absolute atomic E-state index is 0. The Balaban J connectivity index is 0.00000169. The van der Waals surface area contributed by atoms with Crippen LogP contribution < -0.4 is 0 Å². The molecule has 0 radical (unpaired) electrons. The molecular weight excluding hydrogens is 234 g/mol. The molecule has 0 aliphatic heterocycles. The van der Waals surface area contributed by atoms with E-state index in [0.717, 1.165) is 18.2 Å². The van der Waals surface area contributed by atoms with E-state index in [9.17, 15) is 14.9 Å². The van der Waals surface area contributed by atoms with Crippen molar-refractivity contribution in [2.75, 3.05) is 0 Å². The summed E-state index contributed by atoms with van der Waals surface area (Å²) < 4.78 is 0. The number of nitro groups is 1. The summed E-state index contributed by atoms with van der Waals surface area (Å²) in [7, 11) is 0. The number of rotatable bonds is 2. The van der Waals surface area contributed by atoms with E-state index in [4.69, 9.17) is 10.2 Å². The first-order valence-electron chi connectivity index (χ1n) is 3.23. The second-order valence-electron chi connectivity index (χ2n) is 2.26. The van der Waals surface area contributed by atoms with Gasteiger partial charge in [0.1, 0.15) is 11.3 Å². The molecule has 0 amide bonds. The van der Waals surface area contributed by atoms with Crippen molar-refractivity contribution in [1.29, 1.82) is 0 Å². The van der Waals surface area contributed by atoms with Gasteiger partial charge >= 0.3 is 5.97 Å². The fourth-order valence-corrected chi connectivity index (χ4v) is 0.809. The molecule has 14 heavy (non-hydrogen) atoms. The number of hydrogen-bond donors (Lipinski definition) is 2. The zero-order valence-corrected chi connectivity index (χ0v) is 7.76. The van der Waals surface area contributed by atoms with Crippen molar-refractivity contribution in [2.45, 2.75) is 0 Å². The third-order valence-electron chi connectivity index (χ3n) is 1.42. The van der Waals surface area contributed by atoms with Crippen molar-refractivity contribution < 1.29 is 37.0 Å². The zero-order valence-electron chi connectivity index (χ0n) is 6.65. The molecular formula is C7H5FeNO5. The number of carboxylic acids is 1. The molecule has 0 spiro atoms. The average Bonchev–Trinajstić information content (AvgIpc) is 2.04. The predicted octanol–water partition coefficient (Wildman–Crippen LogP) is 0.996. The topological polar surface area (TPSA) is 101 Å². The van der Waals surface area contributed by atoms with E-state index in [0.29, 0.717) is 0 Å². The predicted molar refractivity (Wildman–Crippen MR) is 41.7 cm³/mol. The third-order valence-corrected chi connectivity index (χ3v) is 1.42. The van der Waals surface area contributed by atoms with Gasteiger partial charge in [0.25, 0.3) is 5.69 Å². The van der Waals surface area contributed by atoms with Crippen molar-refractivity contribution in [3.05, 3.63) is 33.9 Å². The van der Waals surface area contributed by atoms with Gasteiger partial charge in [-0.2, -0.15) is 0 Å². The first kappa shape index (κ1) is 12.4. The normalized spacial score (nSPS) is 8.86. The maximum absolute atomic E-state index is 10.4. The summed E-state index contributed by atoms with van der Waals surface area (Å²) in [4.78, 5) is 19.9. The van der Waals surface area contributed by atoms with Gasteiger partial charge in [-0.05, 0) is 6.07 Å². The van der Waals surface area contributed by atoms with Gasteiger partial charge in [-0.15, -0.1) is 0 Å². The summed E-state index contributed by atoms with van der Waals surface area (Å²) in [5.74, 6) is -1.89. The fourth-order valence-electron chi connectivity index (χ4n) is 0.809. The molecule has 1 aromatic rings. The molecule has 1 aromatic carbocycles. The van der Waals surface area contributed by atoms with E-state index in [-0.39, 0.29) is 22.8 Å². The third kappa shape index (κ3) is 2.45. The molecule has 7 heteroatoms. The van der Waals surface area contributed by atoms with Crippen LogP contribution in [0.15, 0.2) is 18.2 Å². The first-order chi connectivity index (χ1) is 6.02. The van der Waals surface area contributed by atoms with Crippen LogP contribution in [0.5, 0.6) is 5.75 Å². The van der Waals surface area contributed by atoms with Gasteiger partial charge in [0.2, 0.25) is 0 Å². The minimum Gasteiger partial charge on any atom is -0.507 e. The Morgan fingerprint density at radius 1 is 1.43 bits per heavy atom. The van der Waals surface area contributed by atoms with Crippen molar-refractivity contribution in [3.8, 4) is 5.75 Å². The maximum Gasteiger partial charge on any atom is 0.339 e. The van der Waals surface area contributed by atoms with Crippen molar-refractivity contribution in [2.24, 2.45) is 0 Å². The number of aromatic hydroxyl groups is 1. The second kappa shape index (κ2) is 4.59. The molecule has 0 aliphatic carbocycles. The number of hydrogen-bond acceptors (Lipinski definition) is 4. The van der Waals surface area contributed by atoms with Gasteiger partial charge in [0, 0.05) is 29.2 Å². The SMILES string of the molecule is O=C(O)c1cc([N+](=O)[O-])ccc1O.[Fe]. The quantitative estimate of drug-likeness (QED) is 0.455. The fraction of sp³-hybridized carbons (Fsp3) is 0. The summed E-state index contributed by atoms with van der Waals surface area (Å²) >= 11 is 0. The second-order valence-corrected chi connectivity index (χ2v) is 2.26. The van der Waals surface area contributed by atoms with Gasteiger partial charge in [-0.25, -0.2) is 4.79 Å². The molecule has 76 valence electrons. The number of benzene rings is 1. The monoisotopic (exact) mass is 239 g/mol. The number of phenols is 1. The van der Waals surface area contributed by atoms with Crippen LogP contribution in [0.1, 0.15) is 10.4 Å².